The molecule has 1 fully saturated rings. The van der Waals surface area contributed by atoms with Gasteiger partial charge in [0.1, 0.15) is 5.69 Å². The lowest BCUT2D eigenvalue weighted by molar-refractivity contribution is 0.0688. The van der Waals surface area contributed by atoms with Gasteiger partial charge in [-0.25, -0.2) is 4.79 Å². The average Bonchev–Trinajstić information content (AvgIpc) is 3.22. The first-order valence-corrected chi connectivity index (χ1v) is 11.0. The molecule has 1 aliphatic heterocycles. The van der Waals surface area contributed by atoms with Crippen molar-refractivity contribution in [1.82, 2.24) is 19.4 Å². The normalized spacial score (nSPS) is 19.1. The number of nitrogens with zero attached hydrogens (tertiary/aromatic N) is 2. The molecule has 0 saturated carbocycles. The molecule has 5 rings (SSSR count). The van der Waals surface area contributed by atoms with Crippen LogP contribution in [0.5, 0.6) is 0 Å². The van der Waals surface area contributed by atoms with Crippen molar-refractivity contribution in [3.05, 3.63) is 57.3 Å². The highest BCUT2D eigenvalue weighted by atomic mass is 16.2. The number of Topliss-reactive ketones (excluding diaryl/α,β-unsaturated/α-hetero) is 1. The molecule has 1 saturated heterocycles. The molecule has 7 heteroatoms. The number of nitrogens with one attached hydrogen (secondary N) is 2. The second-order valence-electron chi connectivity index (χ2n) is 9.76. The number of amides is 1. The summed E-state index contributed by atoms with van der Waals surface area (Å²) < 4.78 is 1.83. The van der Waals surface area contributed by atoms with Crippen LogP contribution in [-0.2, 0) is 6.42 Å². The first kappa shape index (κ1) is 19.8. The van der Waals surface area contributed by atoms with Crippen LogP contribution in [0.4, 0.5) is 0 Å². The molecule has 0 bridgehead atoms. The summed E-state index contributed by atoms with van der Waals surface area (Å²) >= 11 is 0. The Morgan fingerprint density at radius 2 is 1.77 bits per heavy atom. The maximum atomic E-state index is 13.3. The van der Waals surface area contributed by atoms with Gasteiger partial charge < -0.3 is 14.9 Å². The van der Waals surface area contributed by atoms with Crippen LogP contribution in [0.25, 0.3) is 11.0 Å². The largest absolute Gasteiger partial charge is 0.354 e. The second kappa shape index (κ2) is 6.97. The summed E-state index contributed by atoms with van der Waals surface area (Å²) in [7, 11) is 0. The molecule has 2 aliphatic rings. The van der Waals surface area contributed by atoms with Crippen LogP contribution in [0.1, 0.15) is 71.3 Å². The molecule has 31 heavy (non-hydrogen) atoms. The fraction of sp³-hybridized carbons (Fsp3) is 0.458. The van der Waals surface area contributed by atoms with Crippen LogP contribution < -0.4 is 5.69 Å². The third kappa shape index (κ3) is 3.23. The Bertz CT molecular complexity index is 1250. The molecular weight excluding hydrogens is 392 g/mol. The van der Waals surface area contributed by atoms with Gasteiger partial charge in [-0.05, 0) is 49.3 Å². The number of rotatable bonds is 2. The monoisotopic (exact) mass is 420 g/mol. The molecule has 3 heterocycles. The van der Waals surface area contributed by atoms with E-state index in [1.165, 1.54) is 0 Å². The molecule has 2 aromatic heterocycles. The molecule has 1 aromatic carbocycles. The van der Waals surface area contributed by atoms with Crippen molar-refractivity contribution in [2.75, 3.05) is 13.1 Å². The first-order chi connectivity index (χ1) is 14.7. The number of aromatic amines is 2. The van der Waals surface area contributed by atoms with Crippen LogP contribution in [0.15, 0.2) is 29.1 Å². The molecular formula is C24H28N4O3. The number of carbonyl (C=O) groups excluding carboxylic acids is 2. The van der Waals surface area contributed by atoms with E-state index < -0.39 is 0 Å². The van der Waals surface area contributed by atoms with Gasteiger partial charge in [0.05, 0.1) is 11.0 Å². The Balaban J connectivity index is 1.36. The first-order valence-electron chi connectivity index (χ1n) is 11.0. The number of benzene rings is 1. The zero-order valence-corrected chi connectivity index (χ0v) is 18.2. The van der Waals surface area contributed by atoms with Gasteiger partial charge in [-0.3, -0.25) is 14.2 Å². The Hall–Kier alpha value is -3.09. The summed E-state index contributed by atoms with van der Waals surface area (Å²) in [5.74, 6) is 0.0682. The van der Waals surface area contributed by atoms with Crippen molar-refractivity contribution >= 4 is 22.7 Å². The number of piperidine rings is 1. The number of aromatic nitrogens is 3. The third-order valence-electron chi connectivity index (χ3n) is 6.86. The number of imidazole rings is 1. The van der Waals surface area contributed by atoms with Crippen molar-refractivity contribution < 1.29 is 9.59 Å². The summed E-state index contributed by atoms with van der Waals surface area (Å²) in [4.78, 5) is 46.5. The van der Waals surface area contributed by atoms with Gasteiger partial charge in [0.25, 0.3) is 5.91 Å². The van der Waals surface area contributed by atoms with Crippen LogP contribution in [-0.4, -0.2) is 44.2 Å². The fourth-order valence-corrected chi connectivity index (χ4v) is 5.37. The number of carbonyl (C=O) groups is 2. The van der Waals surface area contributed by atoms with E-state index in [9.17, 15) is 14.4 Å². The zero-order valence-electron chi connectivity index (χ0n) is 18.2. The Kier molecular flexibility index (Phi) is 4.46. The average molecular weight is 421 g/mol. The van der Waals surface area contributed by atoms with Crippen molar-refractivity contribution in [2.24, 2.45) is 5.41 Å². The Morgan fingerprint density at radius 1 is 1.06 bits per heavy atom. The number of likely N-dealkylation sites (tertiary alicyclic amines) is 1. The van der Waals surface area contributed by atoms with Gasteiger partial charge in [0, 0.05) is 36.8 Å². The summed E-state index contributed by atoms with van der Waals surface area (Å²) in [5, 5.41) is 0. The zero-order chi connectivity index (χ0) is 21.9. The van der Waals surface area contributed by atoms with E-state index in [2.05, 4.69) is 23.8 Å². The van der Waals surface area contributed by atoms with Crippen LogP contribution in [0.2, 0.25) is 0 Å². The topological polar surface area (TPSA) is 91.0 Å². The molecule has 0 unspecified atom stereocenters. The fourth-order valence-electron chi connectivity index (χ4n) is 5.37. The lowest BCUT2D eigenvalue weighted by Crippen LogP contribution is -2.40. The predicted octanol–water partition coefficient (Wildman–Crippen LogP) is 3.60. The number of hydrogen-bond donors (Lipinski definition) is 2. The van der Waals surface area contributed by atoms with E-state index in [1.54, 1.807) is 0 Å². The molecule has 3 aromatic rings. The molecule has 1 amide bonds. The molecule has 1 aliphatic carbocycles. The van der Waals surface area contributed by atoms with Gasteiger partial charge in [0.15, 0.2) is 5.78 Å². The molecule has 162 valence electrons. The lowest BCUT2D eigenvalue weighted by atomic mass is 9.75. The number of H-pyrrole nitrogens is 2. The van der Waals surface area contributed by atoms with Crippen LogP contribution in [0.3, 0.4) is 0 Å². The van der Waals surface area contributed by atoms with Crippen LogP contribution >= 0.6 is 0 Å². The van der Waals surface area contributed by atoms with Crippen molar-refractivity contribution in [3.8, 4) is 0 Å². The van der Waals surface area contributed by atoms with Crippen LogP contribution in [0, 0.1) is 12.3 Å². The number of hydrogen-bond acceptors (Lipinski definition) is 3. The molecule has 0 atom stereocenters. The van der Waals surface area contributed by atoms with Crippen molar-refractivity contribution in [1.29, 1.82) is 0 Å². The van der Waals surface area contributed by atoms with Crippen molar-refractivity contribution in [3.63, 3.8) is 0 Å². The van der Waals surface area contributed by atoms with Gasteiger partial charge in [-0.2, -0.15) is 0 Å². The predicted molar refractivity (Wildman–Crippen MR) is 119 cm³/mol. The third-order valence-corrected chi connectivity index (χ3v) is 6.86. The number of fused-ring (bicyclic) bond motifs is 2. The molecule has 7 nitrogen and oxygen atoms in total. The van der Waals surface area contributed by atoms with E-state index in [-0.39, 0.29) is 28.8 Å². The van der Waals surface area contributed by atoms with E-state index >= 15 is 0 Å². The van der Waals surface area contributed by atoms with Gasteiger partial charge in [0.2, 0.25) is 0 Å². The maximum absolute atomic E-state index is 13.3. The molecule has 0 radical (unpaired) electrons. The van der Waals surface area contributed by atoms with Gasteiger partial charge in [-0.15, -0.1) is 0 Å². The van der Waals surface area contributed by atoms with E-state index in [0.29, 0.717) is 30.8 Å². The quantitative estimate of drug-likeness (QED) is 0.664. The second-order valence-corrected chi connectivity index (χ2v) is 9.76. The number of ketones is 1. The summed E-state index contributed by atoms with van der Waals surface area (Å²) in [5.41, 5.74) is 4.48. The van der Waals surface area contributed by atoms with Crippen molar-refractivity contribution in [2.45, 2.75) is 52.5 Å². The number of para-hydroxylation sites is 2. The van der Waals surface area contributed by atoms with Gasteiger partial charge >= 0.3 is 5.69 Å². The minimum absolute atomic E-state index is 0.0535. The summed E-state index contributed by atoms with van der Waals surface area (Å²) in [6.07, 6.45) is 2.72. The minimum atomic E-state index is -0.0972. The van der Waals surface area contributed by atoms with Gasteiger partial charge in [-0.1, -0.05) is 26.0 Å². The highest BCUT2D eigenvalue weighted by Crippen LogP contribution is 2.37. The highest BCUT2D eigenvalue weighted by molar-refractivity contribution is 6.04. The minimum Gasteiger partial charge on any atom is -0.354 e. The molecule has 2 N–H and O–H groups in total. The summed E-state index contributed by atoms with van der Waals surface area (Å²) in [6.45, 7) is 7.21. The lowest BCUT2D eigenvalue weighted by Gasteiger charge is -2.32. The standard InChI is InChI=1S/C24H28N4O3/c1-14-20-17(12-24(2,3)13-19(20)29)25-21(14)22(30)27-10-8-15(9-11-27)28-18-7-5-4-6-16(18)26-23(28)31/h4-7,15,25H,8-13H2,1-3H3,(H,26,31). The smallest absolute Gasteiger partial charge is 0.326 e. The summed E-state index contributed by atoms with van der Waals surface area (Å²) in [6, 6.07) is 7.77. The van der Waals surface area contributed by atoms with E-state index in [1.807, 2.05) is 40.7 Å². The SMILES string of the molecule is Cc1c(C(=O)N2CCC(n3c(=O)[nH]c4ccccc43)CC2)[nH]c2c1C(=O)CC(C)(C)C2. The van der Waals surface area contributed by atoms with E-state index in [0.717, 1.165) is 41.6 Å². The Labute approximate surface area is 180 Å². The maximum Gasteiger partial charge on any atom is 0.326 e. The van der Waals surface area contributed by atoms with E-state index in [4.69, 9.17) is 0 Å². The molecule has 0 spiro atoms. The highest BCUT2D eigenvalue weighted by Gasteiger charge is 2.36. The Morgan fingerprint density at radius 3 is 2.52 bits per heavy atom.